The predicted molar refractivity (Wildman–Crippen MR) is 92.9 cm³/mol. The minimum Gasteiger partial charge on any atom is -0.352 e. The van der Waals surface area contributed by atoms with E-state index in [9.17, 15) is 9.59 Å². The summed E-state index contributed by atoms with van der Waals surface area (Å²) in [6.45, 7) is 0.631. The van der Waals surface area contributed by atoms with E-state index in [0.717, 1.165) is 23.4 Å². The maximum atomic E-state index is 12.2. The average Bonchev–Trinajstić information content (AvgIpc) is 2.58. The molecule has 2 aromatic carbocycles. The summed E-state index contributed by atoms with van der Waals surface area (Å²) in [5.74, 6) is 0.298. The van der Waals surface area contributed by atoms with Gasteiger partial charge in [0.2, 0.25) is 5.91 Å². The number of hydrogen-bond donors (Lipinski definition) is 2. The first-order valence-electron chi connectivity index (χ1n) is 7.61. The molecule has 0 saturated heterocycles. The Hall–Kier alpha value is -2.27. The molecule has 0 aliphatic carbocycles. The summed E-state index contributed by atoms with van der Waals surface area (Å²) in [6, 6.07) is 15.6. The molecule has 0 atom stereocenters. The monoisotopic (exact) mass is 326 g/mol. The molecule has 1 aliphatic heterocycles. The van der Waals surface area contributed by atoms with E-state index >= 15 is 0 Å². The number of hydrogen-bond acceptors (Lipinski definition) is 3. The van der Waals surface area contributed by atoms with Crippen molar-refractivity contribution in [1.29, 1.82) is 0 Å². The van der Waals surface area contributed by atoms with Gasteiger partial charge in [-0.3, -0.25) is 9.59 Å². The number of carbonyl (C=O) groups is 2. The molecule has 1 aliphatic rings. The SMILES string of the molecule is O=C1CSc2ccc(C(=O)NCCCc3ccccc3)cc2N1. The van der Waals surface area contributed by atoms with Gasteiger partial charge in [-0.15, -0.1) is 11.8 Å². The smallest absolute Gasteiger partial charge is 0.251 e. The summed E-state index contributed by atoms with van der Waals surface area (Å²) in [5.41, 5.74) is 2.57. The van der Waals surface area contributed by atoms with Crippen molar-refractivity contribution in [3.63, 3.8) is 0 Å². The van der Waals surface area contributed by atoms with Gasteiger partial charge in [0.05, 0.1) is 11.4 Å². The second-order valence-electron chi connectivity index (χ2n) is 5.39. The Balaban J connectivity index is 1.52. The number of anilines is 1. The van der Waals surface area contributed by atoms with E-state index in [1.165, 1.54) is 17.3 Å². The Labute approximate surface area is 139 Å². The van der Waals surface area contributed by atoms with Gasteiger partial charge in [-0.05, 0) is 36.6 Å². The van der Waals surface area contributed by atoms with Crippen molar-refractivity contribution in [2.45, 2.75) is 17.7 Å². The molecular weight excluding hydrogens is 308 g/mol. The van der Waals surface area contributed by atoms with Gasteiger partial charge in [0.1, 0.15) is 0 Å². The van der Waals surface area contributed by atoms with Gasteiger partial charge in [0.25, 0.3) is 5.91 Å². The number of nitrogens with one attached hydrogen (secondary N) is 2. The molecule has 23 heavy (non-hydrogen) atoms. The summed E-state index contributed by atoms with van der Waals surface area (Å²) in [4.78, 5) is 24.6. The zero-order valence-electron chi connectivity index (χ0n) is 12.7. The van der Waals surface area contributed by atoms with Crippen molar-refractivity contribution in [1.82, 2.24) is 5.32 Å². The molecule has 0 spiro atoms. The van der Waals surface area contributed by atoms with Crippen LogP contribution in [0.5, 0.6) is 0 Å². The van der Waals surface area contributed by atoms with Crippen LogP contribution in [0, 0.1) is 0 Å². The lowest BCUT2D eigenvalue weighted by atomic mass is 10.1. The fourth-order valence-corrected chi connectivity index (χ4v) is 3.25. The Morgan fingerprint density at radius 1 is 1.17 bits per heavy atom. The second kappa shape index (κ2) is 7.33. The van der Waals surface area contributed by atoms with Gasteiger partial charge in [-0.2, -0.15) is 0 Å². The number of amides is 2. The molecule has 2 amide bonds. The van der Waals surface area contributed by atoms with Crippen LogP contribution in [-0.2, 0) is 11.2 Å². The van der Waals surface area contributed by atoms with Crippen LogP contribution < -0.4 is 10.6 Å². The van der Waals surface area contributed by atoms with E-state index in [2.05, 4.69) is 22.8 Å². The Kier molecular flexibility index (Phi) is 4.98. The third-order valence-electron chi connectivity index (χ3n) is 3.65. The third kappa shape index (κ3) is 4.13. The highest BCUT2D eigenvalue weighted by Crippen LogP contribution is 2.31. The van der Waals surface area contributed by atoms with Crippen LogP contribution in [-0.4, -0.2) is 24.1 Å². The summed E-state index contributed by atoms with van der Waals surface area (Å²) < 4.78 is 0. The van der Waals surface area contributed by atoms with E-state index in [-0.39, 0.29) is 11.8 Å². The van der Waals surface area contributed by atoms with Gasteiger partial charge in [0.15, 0.2) is 0 Å². The summed E-state index contributed by atoms with van der Waals surface area (Å²) >= 11 is 1.49. The molecule has 5 heteroatoms. The zero-order valence-corrected chi connectivity index (χ0v) is 13.5. The molecule has 0 unspecified atom stereocenters. The van der Waals surface area contributed by atoms with Crippen molar-refractivity contribution >= 4 is 29.3 Å². The van der Waals surface area contributed by atoms with Crippen molar-refractivity contribution in [3.05, 3.63) is 59.7 Å². The van der Waals surface area contributed by atoms with Crippen LogP contribution in [0.4, 0.5) is 5.69 Å². The molecule has 1 heterocycles. The lowest BCUT2D eigenvalue weighted by molar-refractivity contribution is -0.113. The van der Waals surface area contributed by atoms with Gasteiger partial charge < -0.3 is 10.6 Å². The van der Waals surface area contributed by atoms with E-state index in [0.29, 0.717) is 17.9 Å². The first-order chi connectivity index (χ1) is 11.2. The standard InChI is InChI=1S/C18H18N2O2S/c21-17-12-23-16-9-8-14(11-15(16)20-17)18(22)19-10-4-7-13-5-2-1-3-6-13/h1-3,5-6,8-9,11H,4,7,10,12H2,(H,19,22)(H,20,21). The Morgan fingerprint density at radius 3 is 2.83 bits per heavy atom. The van der Waals surface area contributed by atoms with Crippen LogP contribution in [0.1, 0.15) is 22.3 Å². The maximum absolute atomic E-state index is 12.2. The first kappa shape index (κ1) is 15.6. The predicted octanol–water partition coefficient (Wildman–Crippen LogP) is 3.09. The largest absolute Gasteiger partial charge is 0.352 e. The first-order valence-corrected chi connectivity index (χ1v) is 8.60. The fraction of sp³-hybridized carbons (Fsp3) is 0.222. The van der Waals surface area contributed by atoms with Gasteiger partial charge >= 0.3 is 0 Å². The normalized spacial score (nSPS) is 13.1. The highest BCUT2D eigenvalue weighted by Gasteiger charge is 2.17. The molecule has 4 nitrogen and oxygen atoms in total. The lowest BCUT2D eigenvalue weighted by Crippen LogP contribution is -2.25. The molecule has 2 aromatic rings. The molecular formula is C18H18N2O2S. The maximum Gasteiger partial charge on any atom is 0.251 e. The second-order valence-corrected chi connectivity index (χ2v) is 6.41. The van der Waals surface area contributed by atoms with Gasteiger partial charge in [-0.25, -0.2) is 0 Å². The summed E-state index contributed by atoms with van der Waals surface area (Å²) in [7, 11) is 0. The van der Waals surface area contributed by atoms with Crippen molar-refractivity contribution in [2.75, 3.05) is 17.6 Å². The number of thioether (sulfide) groups is 1. The Morgan fingerprint density at radius 2 is 2.00 bits per heavy atom. The van der Waals surface area contributed by atoms with Crippen molar-refractivity contribution in [3.8, 4) is 0 Å². The number of aryl methyl sites for hydroxylation is 1. The molecule has 0 aromatic heterocycles. The van der Waals surface area contributed by atoms with Crippen LogP contribution >= 0.6 is 11.8 Å². The van der Waals surface area contributed by atoms with Crippen molar-refractivity contribution < 1.29 is 9.59 Å². The highest BCUT2D eigenvalue weighted by molar-refractivity contribution is 8.00. The molecule has 2 N–H and O–H groups in total. The van der Waals surface area contributed by atoms with Crippen LogP contribution in [0.2, 0.25) is 0 Å². The van der Waals surface area contributed by atoms with E-state index in [1.807, 2.05) is 24.3 Å². The van der Waals surface area contributed by atoms with Crippen LogP contribution in [0.15, 0.2) is 53.4 Å². The minimum absolute atomic E-state index is 0.0251. The molecule has 0 saturated carbocycles. The zero-order chi connectivity index (χ0) is 16.1. The quantitative estimate of drug-likeness (QED) is 0.830. The molecule has 118 valence electrons. The minimum atomic E-state index is -0.106. The highest BCUT2D eigenvalue weighted by atomic mass is 32.2. The number of rotatable bonds is 5. The van der Waals surface area contributed by atoms with Crippen LogP contribution in [0.3, 0.4) is 0 Å². The summed E-state index contributed by atoms with van der Waals surface area (Å²) in [6.07, 6.45) is 1.84. The average molecular weight is 326 g/mol. The Bertz CT molecular complexity index is 716. The van der Waals surface area contributed by atoms with E-state index in [1.54, 1.807) is 12.1 Å². The fourth-order valence-electron chi connectivity index (χ4n) is 2.47. The number of fused-ring (bicyclic) bond motifs is 1. The van der Waals surface area contributed by atoms with Crippen molar-refractivity contribution in [2.24, 2.45) is 0 Å². The molecule has 3 rings (SSSR count). The number of carbonyl (C=O) groups excluding carboxylic acids is 2. The number of benzene rings is 2. The topological polar surface area (TPSA) is 58.2 Å². The van der Waals surface area contributed by atoms with E-state index < -0.39 is 0 Å². The van der Waals surface area contributed by atoms with Crippen LogP contribution in [0.25, 0.3) is 0 Å². The summed E-state index contributed by atoms with van der Waals surface area (Å²) in [5, 5.41) is 5.73. The molecule has 0 bridgehead atoms. The lowest BCUT2D eigenvalue weighted by Gasteiger charge is -2.16. The van der Waals surface area contributed by atoms with E-state index in [4.69, 9.17) is 0 Å². The molecule has 0 fully saturated rings. The van der Waals surface area contributed by atoms with Gasteiger partial charge in [0, 0.05) is 17.0 Å². The molecule has 0 radical (unpaired) electrons. The third-order valence-corrected chi connectivity index (χ3v) is 4.72. The van der Waals surface area contributed by atoms with Gasteiger partial charge in [-0.1, -0.05) is 30.3 Å².